The molecule has 0 saturated heterocycles. The summed E-state index contributed by atoms with van der Waals surface area (Å²) in [6.45, 7) is 0. The molecule has 1 heterocycles. The van der Waals surface area contributed by atoms with Crippen LogP contribution >= 0.6 is 25.3 Å². The van der Waals surface area contributed by atoms with Crippen LogP contribution in [0.5, 0.6) is 0 Å². The maximum absolute atomic E-state index is 4.13. The predicted octanol–water partition coefficient (Wildman–Crippen LogP) is 1.94. The van der Waals surface area contributed by atoms with E-state index >= 15 is 0 Å². The third-order valence-corrected chi connectivity index (χ3v) is 1.95. The van der Waals surface area contributed by atoms with Crippen molar-refractivity contribution in [2.24, 2.45) is 0 Å². The summed E-state index contributed by atoms with van der Waals surface area (Å²) in [5.41, 5.74) is 2.30. The van der Waals surface area contributed by atoms with Gasteiger partial charge in [0, 0.05) is 23.9 Å². The van der Waals surface area contributed by atoms with Crippen LogP contribution in [0.3, 0.4) is 0 Å². The van der Waals surface area contributed by atoms with Gasteiger partial charge in [-0.1, -0.05) is 6.07 Å². The van der Waals surface area contributed by atoms with Gasteiger partial charge in [-0.15, -0.1) is 0 Å². The second-order valence-corrected chi connectivity index (χ2v) is 2.65. The molecule has 0 unspecified atom stereocenters. The van der Waals surface area contributed by atoms with Gasteiger partial charge in [0.15, 0.2) is 0 Å². The highest BCUT2D eigenvalue weighted by atomic mass is 32.1. The van der Waals surface area contributed by atoms with Crippen LogP contribution in [-0.2, 0) is 11.5 Å². The standard InChI is InChI=1S/C7H9NS2/c9-4-6-1-7(5-10)3-8-2-6/h1-3,9-10H,4-5H2. The second kappa shape index (κ2) is 3.88. The van der Waals surface area contributed by atoms with Crippen LogP contribution in [0, 0.1) is 0 Å². The molecule has 54 valence electrons. The van der Waals surface area contributed by atoms with Crippen molar-refractivity contribution in [3.63, 3.8) is 0 Å². The molecule has 1 nitrogen and oxygen atoms in total. The second-order valence-electron chi connectivity index (χ2n) is 2.02. The average Bonchev–Trinajstić information content (AvgIpc) is 2.05. The lowest BCUT2D eigenvalue weighted by molar-refractivity contribution is 1.20. The molecule has 1 rings (SSSR count). The monoisotopic (exact) mass is 171 g/mol. The molecule has 0 radical (unpaired) electrons. The zero-order chi connectivity index (χ0) is 7.40. The van der Waals surface area contributed by atoms with Crippen LogP contribution < -0.4 is 0 Å². The SMILES string of the molecule is SCc1cncc(CS)c1. The number of aromatic nitrogens is 1. The molecule has 0 fully saturated rings. The number of thiol groups is 2. The first kappa shape index (κ1) is 7.95. The van der Waals surface area contributed by atoms with E-state index in [0.717, 1.165) is 22.6 Å². The van der Waals surface area contributed by atoms with Gasteiger partial charge < -0.3 is 0 Å². The van der Waals surface area contributed by atoms with Crippen molar-refractivity contribution in [2.75, 3.05) is 0 Å². The minimum Gasteiger partial charge on any atom is -0.264 e. The molecule has 10 heavy (non-hydrogen) atoms. The Morgan fingerprint density at radius 1 is 1.10 bits per heavy atom. The Morgan fingerprint density at radius 2 is 1.60 bits per heavy atom. The minimum atomic E-state index is 0.745. The van der Waals surface area contributed by atoms with Crippen LogP contribution in [0.1, 0.15) is 11.1 Å². The Bertz CT molecular complexity index is 193. The summed E-state index contributed by atoms with van der Waals surface area (Å²) in [6, 6.07) is 2.06. The van der Waals surface area contributed by atoms with Gasteiger partial charge in [-0.05, 0) is 11.1 Å². The summed E-state index contributed by atoms with van der Waals surface area (Å²) in [5.74, 6) is 1.49. The molecule has 0 amide bonds. The highest BCUT2D eigenvalue weighted by molar-refractivity contribution is 7.79. The number of rotatable bonds is 2. The summed E-state index contributed by atoms with van der Waals surface area (Å²) in [7, 11) is 0. The fourth-order valence-corrected chi connectivity index (χ4v) is 1.06. The molecule has 0 aliphatic carbocycles. The van der Waals surface area contributed by atoms with E-state index in [9.17, 15) is 0 Å². The lowest BCUT2D eigenvalue weighted by Gasteiger charge is -1.97. The van der Waals surface area contributed by atoms with Crippen molar-refractivity contribution in [3.8, 4) is 0 Å². The van der Waals surface area contributed by atoms with Crippen molar-refractivity contribution in [3.05, 3.63) is 29.6 Å². The Balaban J connectivity index is 2.87. The first-order valence-corrected chi connectivity index (χ1v) is 4.28. The maximum Gasteiger partial charge on any atom is 0.0308 e. The Labute approximate surface area is 71.7 Å². The van der Waals surface area contributed by atoms with E-state index < -0.39 is 0 Å². The first-order valence-electron chi connectivity index (χ1n) is 3.01. The molecule has 0 aliphatic heterocycles. The van der Waals surface area contributed by atoms with E-state index in [1.165, 1.54) is 0 Å². The van der Waals surface area contributed by atoms with E-state index in [0.29, 0.717) is 0 Å². The molecule has 0 N–H and O–H groups in total. The van der Waals surface area contributed by atoms with Crippen molar-refractivity contribution < 1.29 is 0 Å². The topological polar surface area (TPSA) is 12.9 Å². The molecule has 0 spiro atoms. The van der Waals surface area contributed by atoms with E-state index in [-0.39, 0.29) is 0 Å². The number of hydrogen-bond acceptors (Lipinski definition) is 3. The molecule has 0 saturated carbocycles. The van der Waals surface area contributed by atoms with Gasteiger partial charge in [-0.3, -0.25) is 4.98 Å². The predicted molar refractivity (Wildman–Crippen MR) is 49.6 cm³/mol. The van der Waals surface area contributed by atoms with Crippen LogP contribution in [0.2, 0.25) is 0 Å². The van der Waals surface area contributed by atoms with Gasteiger partial charge in [-0.25, -0.2) is 0 Å². The normalized spacial score (nSPS) is 9.80. The summed E-state index contributed by atoms with van der Waals surface area (Å²) in [6.07, 6.45) is 3.64. The van der Waals surface area contributed by atoms with E-state index in [1.54, 1.807) is 0 Å². The molecule has 3 heteroatoms. The van der Waals surface area contributed by atoms with Crippen LogP contribution in [-0.4, -0.2) is 4.98 Å². The third kappa shape index (κ3) is 1.92. The van der Waals surface area contributed by atoms with Crippen molar-refractivity contribution in [2.45, 2.75) is 11.5 Å². The molecule has 1 aromatic rings. The molecule has 0 aromatic carbocycles. The quantitative estimate of drug-likeness (QED) is 0.648. The summed E-state index contributed by atoms with van der Waals surface area (Å²) in [4.78, 5) is 4.03. The maximum atomic E-state index is 4.13. The van der Waals surface area contributed by atoms with E-state index in [2.05, 4.69) is 36.3 Å². The average molecular weight is 171 g/mol. The Morgan fingerprint density at radius 3 is 2.00 bits per heavy atom. The molecule has 1 aromatic heterocycles. The lowest BCUT2D eigenvalue weighted by atomic mass is 10.2. The number of nitrogens with zero attached hydrogens (tertiary/aromatic N) is 1. The zero-order valence-corrected chi connectivity index (χ0v) is 7.28. The smallest absolute Gasteiger partial charge is 0.0308 e. The molecule has 0 aliphatic rings. The summed E-state index contributed by atoms with van der Waals surface area (Å²) >= 11 is 8.26. The minimum absolute atomic E-state index is 0.745. The number of pyridine rings is 1. The molecular weight excluding hydrogens is 162 g/mol. The van der Waals surface area contributed by atoms with Crippen LogP contribution in [0.25, 0.3) is 0 Å². The first-order chi connectivity index (χ1) is 4.86. The van der Waals surface area contributed by atoms with Crippen molar-refractivity contribution in [1.29, 1.82) is 0 Å². The third-order valence-electron chi connectivity index (χ3n) is 1.22. The highest BCUT2D eigenvalue weighted by Crippen LogP contribution is 2.06. The Hall–Kier alpha value is -0.150. The Kier molecular flexibility index (Phi) is 3.09. The molecule has 0 atom stereocenters. The van der Waals surface area contributed by atoms with E-state index in [4.69, 9.17) is 0 Å². The van der Waals surface area contributed by atoms with Gasteiger partial charge >= 0.3 is 0 Å². The number of hydrogen-bond donors (Lipinski definition) is 2. The van der Waals surface area contributed by atoms with Crippen molar-refractivity contribution in [1.82, 2.24) is 4.98 Å². The molecule has 0 bridgehead atoms. The van der Waals surface area contributed by atoms with Crippen LogP contribution in [0.15, 0.2) is 18.5 Å². The van der Waals surface area contributed by atoms with Gasteiger partial charge in [0.05, 0.1) is 0 Å². The van der Waals surface area contributed by atoms with Gasteiger partial charge in [-0.2, -0.15) is 25.3 Å². The summed E-state index contributed by atoms with van der Waals surface area (Å²) in [5, 5.41) is 0. The van der Waals surface area contributed by atoms with Crippen LogP contribution in [0.4, 0.5) is 0 Å². The largest absolute Gasteiger partial charge is 0.264 e. The lowest BCUT2D eigenvalue weighted by Crippen LogP contribution is -1.84. The highest BCUT2D eigenvalue weighted by Gasteiger charge is 1.91. The van der Waals surface area contributed by atoms with Gasteiger partial charge in [0.1, 0.15) is 0 Å². The fraction of sp³-hybridized carbons (Fsp3) is 0.286. The van der Waals surface area contributed by atoms with Crippen molar-refractivity contribution >= 4 is 25.3 Å². The van der Waals surface area contributed by atoms with Gasteiger partial charge in [0.2, 0.25) is 0 Å². The molecular formula is C7H9NS2. The zero-order valence-electron chi connectivity index (χ0n) is 5.49. The summed E-state index contributed by atoms with van der Waals surface area (Å²) < 4.78 is 0. The van der Waals surface area contributed by atoms with E-state index in [1.807, 2.05) is 12.4 Å². The van der Waals surface area contributed by atoms with Gasteiger partial charge in [0.25, 0.3) is 0 Å². The fourth-order valence-electron chi connectivity index (χ4n) is 0.714.